The average molecular weight is 256 g/mol. The van der Waals surface area contributed by atoms with E-state index in [4.69, 9.17) is 0 Å². The summed E-state index contributed by atoms with van der Waals surface area (Å²) in [7, 11) is -3.41. The third-order valence-electron chi connectivity index (χ3n) is 2.10. The Kier molecular flexibility index (Phi) is 3.07. The van der Waals surface area contributed by atoms with Gasteiger partial charge in [0, 0.05) is 5.56 Å². The molecule has 5 heteroatoms. The predicted molar refractivity (Wildman–Crippen MR) is 61.6 cm³/mol. The summed E-state index contributed by atoms with van der Waals surface area (Å²) in [5, 5.41) is 1.69. The number of halogens is 1. The first kappa shape index (κ1) is 11.3. The molecular weight excluding hydrogens is 247 g/mol. The SMILES string of the molecule is O=S(=O)(Cc1ccccc1F)c1cccs1. The second-order valence-electron chi connectivity index (χ2n) is 3.28. The monoisotopic (exact) mass is 256 g/mol. The maximum Gasteiger partial charge on any atom is 0.191 e. The third kappa shape index (κ3) is 2.31. The fourth-order valence-electron chi connectivity index (χ4n) is 1.33. The van der Waals surface area contributed by atoms with E-state index in [1.807, 2.05) is 0 Å². The van der Waals surface area contributed by atoms with E-state index < -0.39 is 15.7 Å². The molecule has 1 heterocycles. The van der Waals surface area contributed by atoms with Crippen LogP contribution in [0.4, 0.5) is 4.39 Å². The van der Waals surface area contributed by atoms with Crippen molar-refractivity contribution in [3.05, 3.63) is 53.2 Å². The lowest BCUT2D eigenvalue weighted by atomic mass is 10.2. The van der Waals surface area contributed by atoms with Crippen molar-refractivity contribution < 1.29 is 12.8 Å². The number of benzene rings is 1. The average Bonchev–Trinajstić information content (AvgIpc) is 2.75. The Hall–Kier alpha value is -1.20. The predicted octanol–water partition coefficient (Wildman–Crippen LogP) is 2.86. The summed E-state index contributed by atoms with van der Waals surface area (Å²) in [6, 6.07) is 9.11. The summed E-state index contributed by atoms with van der Waals surface area (Å²) in [5.74, 6) is -0.775. The van der Waals surface area contributed by atoms with Crippen molar-refractivity contribution in [3.8, 4) is 0 Å². The van der Waals surface area contributed by atoms with Gasteiger partial charge in [0.15, 0.2) is 9.84 Å². The van der Waals surface area contributed by atoms with E-state index in [-0.39, 0.29) is 15.5 Å². The fraction of sp³-hybridized carbons (Fsp3) is 0.0909. The Bertz CT molecular complexity index is 574. The van der Waals surface area contributed by atoms with Gasteiger partial charge in [-0.2, -0.15) is 0 Å². The first-order valence-corrected chi connectivity index (χ1v) is 7.12. The topological polar surface area (TPSA) is 34.1 Å². The molecule has 0 fully saturated rings. The molecule has 0 amide bonds. The Morgan fingerprint density at radius 3 is 2.50 bits per heavy atom. The first-order valence-electron chi connectivity index (χ1n) is 4.59. The summed E-state index contributed by atoms with van der Waals surface area (Å²) in [6.45, 7) is 0. The van der Waals surface area contributed by atoms with Crippen LogP contribution in [0.15, 0.2) is 46.0 Å². The molecule has 0 radical (unpaired) electrons. The molecule has 0 spiro atoms. The quantitative estimate of drug-likeness (QED) is 0.846. The van der Waals surface area contributed by atoms with E-state index in [9.17, 15) is 12.8 Å². The van der Waals surface area contributed by atoms with E-state index in [0.29, 0.717) is 0 Å². The van der Waals surface area contributed by atoms with Crippen LogP contribution in [0.1, 0.15) is 5.56 Å². The molecule has 16 heavy (non-hydrogen) atoms. The highest BCUT2D eigenvalue weighted by atomic mass is 32.2. The van der Waals surface area contributed by atoms with Gasteiger partial charge in [-0.05, 0) is 17.5 Å². The molecule has 0 saturated heterocycles. The van der Waals surface area contributed by atoms with E-state index in [1.54, 1.807) is 17.5 Å². The van der Waals surface area contributed by atoms with Gasteiger partial charge in [0.05, 0.1) is 5.75 Å². The van der Waals surface area contributed by atoms with Gasteiger partial charge in [-0.25, -0.2) is 12.8 Å². The number of hydrogen-bond donors (Lipinski definition) is 0. The summed E-state index contributed by atoms with van der Waals surface area (Å²) in [4.78, 5) is 0. The molecule has 2 rings (SSSR count). The maximum atomic E-state index is 13.3. The summed E-state index contributed by atoms with van der Waals surface area (Å²) in [6.07, 6.45) is 0. The third-order valence-corrected chi connectivity index (χ3v) is 5.26. The highest BCUT2D eigenvalue weighted by Crippen LogP contribution is 2.22. The molecule has 0 aliphatic rings. The van der Waals surface area contributed by atoms with Crippen molar-refractivity contribution >= 4 is 21.2 Å². The number of hydrogen-bond acceptors (Lipinski definition) is 3. The molecule has 0 aliphatic carbocycles. The van der Waals surface area contributed by atoms with Crippen molar-refractivity contribution in [1.29, 1.82) is 0 Å². The van der Waals surface area contributed by atoms with Crippen LogP contribution >= 0.6 is 11.3 Å². The minimum absolute atomic E-state index is 0.205. The van der Waals surface area contributed by atoms with Crippen molar-refractivity contribution in [1.82, 2.24) is 0 Å². The zero-order chi connectivity index (χ0) is 11.6. The lowest BCUT2D eigenvalue weighted by molar-refractivity contribution is 0.588. The molecule has 0 atom stereocenters. The minimum Gasteiger partial charge on any atom is -0.223 e. The number of thiophene rings is 1. The lowest BCUT2D eigenvalue weighted by Crippen LogP contribution is -2.04. The van der Waals surface area contributed by atoms with E-state index in [2.05, 4.69) is 0 Å². The van der Waals surface area contributed by atoms with Gasteiger partial charge in [-0.3, -0.25) is 0 Å². The van der Waals surface area contributed by atoms with Gasteiger partial charge in [0.25, 0.3) is 0 Å². The lowest BCUT2D eigenvalue weighted by Gasteiger charge is -2.02. The number of sulfone groups is 1. The maximum absolute atomic E-state index is 13.3. The van der Waals surface area contributed by atoms with E-state index in [1.165, 1.54) is 24.3 Å². The molecular formula is C11H9FO2S2. The van der Waals surface area contributed by atoms with Gasteiger partial charge >= 0.3 is 0 Å². The Morgan fingerprint density at radius 1 is 1.12 bits per heavy atom. The van der Waals surface area contributed by atoms with Crippen LogP contribution in [0.25, 0.3) is 0 Å². The fourth-order valence-corrected chi connectivity index (χ4v) is 3.78. The summed E-state index contributed by atoms with van der Waals surface area (Å²) in [5.41, 5.74) is 0.205. The molecule has 2 aromatic rings. The molecule has 0 aliphatic heterocycles. The zero-order valence-electron chi connectivity index (χ0n) is 8.26. The molecule has 2 nitrogen and oxygen atoms in total. The Labute approximate surface area is 97.3 Å². The molecule has 0 N–H and O–H groups in total. The second kappa shape index (κ2) is 4.35. The van der Waals surface area contributed by atoms with Crippen molar-refractivity contribution in [2.24, 2.45) is 0 Å². The van der Waals surface area contributed by atoms with Gasteiger partial charge in [0.1, 0.15) is 10.0 Å². The van der Waals surface area contributed by atoms with Crippen molar-refractivity contribution in [2.45, 2.75) is 9.96 Å². The largest absolute Gasteiger partial charge is 0.223 e. The minimum atomic E-state index is -3.41. The molecule has 1 aromatic heterocycles. The van der Waals surface area contributed by atoms with Crippen molar-refractivity contribution in [3.63, 3.8) is 0 Å². The van der Waals surface area contributed by atoms with Gasteiger partial charge in [-0.15, -0.1) is 11.3 Å². The normalized spacial score (nSPS) is 11.6. The van der Waals surface area contributed by atoms with Crippen LogP contribution in [0.3, 0.4) is 0 Å². The second-order valence-corrected chi connectivity index (χ2v) is 6.45. The van der Waals surface area contributed by atoms with Crippen LogP contribution in [0.5, 0.6) is 0 Å². The van der Waals surface area contributed by atoms with E-state index >= 15 is 0 Å². The molecule has 84 valence electrons. The van der Waals surface area contributed by atoms with Crippen LogP contribution in [-0.4, -0.2) is 8.42 Å². The molecule has 0 unspecified atom stereocenters. The first-order chi connectivity index (χ1) is 7.59. The van der Waals surface area contributed by atoms with Crippen LogP contribution in [-0.2, 0) is 15.6 Å². The van der Waals surface area contributed by atoms with Crippen LogP contribution < -0.4 is 0 Å². The summed E-state index contributed by atoms with van der Waals surface area (Å²) < 4.78 is 37.3. The number of rotatable bonds is 3. The van der Waals surface area contributed by atoms with E-state index in [0.717, 1.165) is 11.3 Å². The van der Waals surface area contributed by atoms with Gasteiger partial charge in [0.2, 0.25) is 0 Å². The van der Waals surface area contributed by atoms with Gasteiger partial charge in [-0.1, -0.05) is 24.3 Å². The Morgan fingerprint density at radius 2 is 1.88 bits per heavy atom. The van der Waals surface area contributed by atoms with Crippen LogP contribution in [0, 0.1) is 5.82 Å². The highest BCUT2D eigenvalue weighted by Gasteiger charge is 2.17. The van der Waals surface area contributed by atoms with Gasteiger partial charge < -0.3 is 0 Å². The molecule has 0 bridgehead atoms. The smallest absolute Gasteiger partial charge is 0.191 e. The standard InChI is InChI=1S/C11H9FO2S2/c12-10-5-2-1-4-9(10)8-16(13,14)11-6-3-7-15-11/h1-7H,8H2. The molecule has 1 aromatic carbocycles. The zero-order valence-corrected chi connectivity index (χ0v) is 9.89. The Balaban J connectivity index is 2.33. The highest BCUT2D eigenvalue weighted by molar-refractivity contribution is 7.92. The van der Waals surface area contributed by atoms with Crippen molar-refractivity contribution in [2.75, 3.05) is 0 Å². The van der Waals surface area contributed by atoms with Crippen LogP contribution in [0.2, 0.25) is 0 Å². The molecule has 0 saturated carbocycles. The summed E-state index contributed by atoms with van der Waals surface area (Å²) >= 11 is 1.14.